The Morgan fingerprint density at radius 1 is 0.300 bits per heavy atom. The van der Waals surface area contributed by atoms with Gasteiger partial charge in [-0.05, 0) is 126 Å². The lowest BCUT2D eigenvalue weighted by molar-refractivity contribution is 0.627. The molecule has 0 N–H and O–H groups in total. The van der Waals surface area contributed by atoms with Crippen LogP contribution in [0.3, 0.4) is 0 Å². The molecule has 2 nitrogen and oxygen atoms in total. The third kappa shape index (κ3) is 5.24. The first-order valence-electron chi connectivity index (χ1n) is 23.6. The third-order valence-corrected chi connectivity index (χ3v) is 11.7. The fourth-order valence-electron chi connectivity index (χ4n) is 9.15. The molecule has 12 rings (SSSR count). The van der Waals surface area contributed by atoms with Gasteiger partial charge in [0.15, 0.2) is 0 Å². The van der Waals surface area contributed by atoms with Crippen LogP contribution < -0.4 is 9.80 Å². The lowest BCUT2D eigenvalue weighted by Crippen LogP contribution is -2.12. The predicted octanol–water partition coefficient (Wildman–Crippen LogP) is 16.4. The van der Waals surface area contributed by atoms with Crippen LogP contribution in [0.15, 0.2) is 206 Å². The molecule has 0 amide bonds. The van der Waals surface area contributed by atoms with Gasteiger partial charge in [-0.1, -0.05) is 133 Å². The van der Waals surface area contributed by atoms with Gasteiger partial charge in [0.25, 0.3) is 0 Å². The van der Waals surface area contributed by atoms with E-state index in [0.29, 0.717) is 33.5 Å². The van der Waals surface area contributed by atoms with Crippen LogP contribution in [-0.2, 0) is 0 Å². The molecular weight excluding hydrogens is 739 g/mol. The largest absolute Gasteiger partial charge is 0.309 e. The molecule has 0 saturated heterocycles. The van der Waals surface area contributed by atoms with Crippen molar-refractivity contribution in [3.8, 4) is 0 Å². The first-order valence-corrected chi connectivity index (χ1v) is 19.6. The molecule has 0 atom stereocenters. The highest BCUT2D eigenvalue weighted by molar-refractivity contribution is 6.29. The smallest absolute Gasteiger partial charge is 0.123 e. The Kier molecular flexibility index (Phi) is 6.01. The van der Waals surface area contributed by atoms with Gasteiger partial charge in [-0.3, -0.25) is 0 Å². The molecule has 0 fully saturated rings. The molecule has 0 aliphatic rings. The second-order valence-corrected chi connectivity index (χ2v) is 14.9. The third-order valence-electron chi connectivity index (χ3n) is 11.7. The summed E-state index contributed by atoms with van der Waals surface area (Å²) in [6.45, 7) is 0. The van der Waals surface area contributed by atoms with Gasteiger partial charge in [0.2, 0.25) is 0 Å². The maximum atomic E-state index is 15.4. The molecule has 0 spiro atoms. The summed E-state index contributed by atoms with van der Waals surface area (Å²) >= 11 is 0. The summed E-state index contributed by atoms with van der Waals surface area (Å²) in [4.78, 5) is 3.41. The van der Waals surface area contributed by atoms with E-state index in [1.165, 1.54) is 0 Å². The second-order valence-electron chi connectivity index (χ2n) is 14.9. The van der Waals surface area contributed by atoms with Crippen molar-refractivity contribution in [2.24, 2.45) is 0 Å². The zero-order valence-corrected chi connectivity index (χ0v) is 31.7. The molecule has 0 radical (unpaired) electrons. The Labute approximate surface area is 356 Å². The molecule has 0 heterocycles. The van der Waals surface area contributed by atoms with Gasteiger partial charge in [-0.15, -0.1) is 0 Å². The minimum Gasteiger partial charge on any atom is -0.309 e. The van der Waals surface area contributed by atoms with Crippen LogP contribution in [0.2, 0.25) is 0 Å². The topological polar surface area (TPSA) is 6.48 Å². The number of anilines is 6. The molecule has 0 unspecified atom stereocenters. The summed E-state index contributed by atoms with van der Waals surface area (Å²) in [7, 11) is 0. The molecule has 60 heavy (non-hydrogen) atoms. The Morgan fingerprint density at radius 2 is 0.650 bits per heavy atom. The van der Waals surface area contributed by atoms with E-state index in [1.807, 2.05) is 158 Å². The average Bonchev–Trinajstić information content (AvgIpc) is 3.38. The van der Waals surface area contributed by atoms with E-state index in [4.69, 9.17) is 5.48 Å². The first-order chi connectivity index (χ1) is 32.9. The van der Waals surface area contributed by atoms with Crippen molar-refractivity contribution in [1.29, 1.82) is 0 Å². The Morgan fingerprint density at radius 3 is 1.07 bits per heavy atom. The zero-order chi connectivity index (χ0) is 46.9. The lowest BCUT2D eigenvalue weighted by Gasteiger charge is -2.30. The maximum absolute atomic E-state index is 15.4. The Bertz CT molecular complexity index is 3820. The summed E-state index contributed by atoms with van der Waals surface area (Å²) in [6.07, 6.45) is 0. The van der Waals surface area contributed by atoms with Crippen LogP contribution in [0.5, 0.6) is 0 Å². The van der Waals surface area contributed by atoms with Gasteiger partial charge < -0.3 is 9.80 Å². The number of hydrogen-bond donors (Lipinski definition) is 0. The number of rotatable bonds is 6. The molecule has 0 bridgehead atoms. The van der Waals surface area contributed by atoms with Gasteiger partial charge in [-0.2, -0.15) is 0 Å². The van der Waals surface area contributed by atoms with Crippen molar-refractivity contribution in [3.05, 3.63) is 218 Å². The second kappa shape index (κ2) is 13.4. The lowest BCUT2D eigenvalue weighted by atomic mass is 9.91. The quantitative estimate of drug-likeness (QED) is 0.155. The van der Waals surface area contributed by atoms with Crippen molar-refractivity contribution >= 4 is 110 Å². The zero-order valence-electron chi connectivity index (χ0n) is 39.7. The van der Waals surface area contributed by atoms with Gasteiger partial charge in [0, 0.05) is 32.9 Å². The Balaban J connectivity index is 1.21. The van der Waals surface area contributed by atoms with Crippen LogP contribution in [0, 0.1) is 11.6 Å². The molecular formula is C56H34F2N2. The highest BCUT2D eigenvalue weighted by atomic mass is 19.1. The van der Waals surface area contributed by atoms with E-state index in [-0.39, 0.29) is 11.4 Å². The van der Waals surface area contributed by atoms with E-state index in [1.54, 1.807) is 9.80 Å². The van der Waals surface area contributed by atoms with Gasteiger partial charge in [-0.25, -0.2) is 8.78 Å². The molecule has 282 valence electrons. The monoisotopic (exact) mass is 780 g/mol. The molecule has 12 aromatic carbocycles. The normalized spacial score (nSPS) is 13.7. The van der Waals surface area contributed by atoms with Crippen molar-refractivity contribution < 1.29 is 19.7 Å². The fourth-order valence-corrected chi connectivity index (χ4v) is 9.15. The summed E-state index contributed by atoms with van der Waals surface area (Å²) in [5, 5.41) is 11.5. The minimum atomic E-state index is -1.25. The van der Waals surface area contributed by atoms with Gasteiger partial charge in [0.05, 0.1) is 33.7 Å². The number of benzene rings is 12. The summed E-state index contributed by atoms with van der Waals surface area (Å²) in [5.41, 5.74) is 1.84. The van der Waals surface area contributed by atoms with Crippen LogP contribution in [-0.4, -0.2) is 0 Å². The molecule has 0 saturated carbocycles. The SMILES string of the molecule is [2H]c1c([2H])c(N(c2cc3ccccc3c3ccccc23)c2ccc3ccc4c(N(c5c([2H])c([2H])c(F)c([2H])c5[2H])c5cc6ccccc6c6ccccc56)ccc5ccc2c3c54)c([2H])c([2H])c1F. The highest BCUT2D eigenvalue weighted by Gasteiger charge is 2.24. The van der Waals surface area contributed by atoms with E-state index in [0.717, 1.165) is 64.6 Å². The van der Waals surface area contributed by atoms with Crippen LogP contribution in [0.1, 0.15) is 11.0 Å². The van der Waals surface area contributed by atoms with Crippen molar-refractivity contribution in [1.82, 2.24) is 0 Å². The predicted molar refractivity (Wildman–Crippen MR) is 249 cm³/mol. The summed E-state index contributed by atoms with van der Waals surface area (Å²) < 4.78 is 103. The van der Waals surface area contributed by atoms with Gasteiger partial charge >= 0.3 is 0 Å². The van der Waals surface area contributed by atoms with Crippen LogP contribution >= 0.6 is 0 Å². The standard InChI is InChI=1S/C56H34F2N2/c57-39-21-25-41(26-22-39)59(53-33-37-9-1-3-11-43(37)45-13-5-7-15-47(45)53)51-31-19-35-18-30-50-52(32-20-36-17-29-49(51)55(35)56(36)50)60(42-27-23-40(58)24-28-42)54-34-38-10-2-4-12-44(38)46-14-6-8-16-48(46)54/h1-34H/i21D,22D,23D,24D,25D,26D,27D,28D. The molecule has 0 aliphatic heterocycles. The molecule has 4 heteroatoms. The van der Waals surface area contributed by atoms with E-state index >= 15 is 8.78 Å². The van der Waals surface area contributed by atoms with Crippen molar-refractivity contribution in [3.63, 3.8) is 0 Å². The number of nitrogens with zero attached hydrogens (tertiary/aromatic N) is 2. The van der Waals surface area contributed by atoms with Gasteiger partial charge in [0.1, 0.15) is 11.6 Å². The average molecular weight is 781 g/mol. The molecule has 0 aromatic heterocycles. The van der Waals surface area contributed by atoms with E-state index in [9.17, 15) is 5.48 Å². The highest BCUT2D eigenvalue weighted by Crippen LogP contribution is 2.50. The number of halogens is 2. The maximum Gasteiger partial charge on any atom is 0.123 e. The fraction of sp³-hybridized carbons (Fsp3) is 0. The van der Waals surface area contributed by atoms with Crippen molar-refractivity contribution in [2.45, 2.75) is 0 Å². The molecule has 0 aliphatic carbocycles. The van der Waals surface area contributed by atoms with Crippen LogP contribution in [0.25, 0.3) is 75.4 Å². The Hall–Kier alpha value is -7.82. The van der Waals surface area contributed by atoms with E-state index in [2.05, 4.69) is 0 Å². The summed E-state index contributed by atoms with van der Waals surface area (Å²) in [6, 6.07) is 45.2. The minimum absolute atomic E-state index is 0.133. The summed E-state index contributed by atoms with van der Waals surface area (Å²) in [5.74, 6) is -2.50. The number of fused-ring (bicyclic) bond motifs is 6. The number of hydrogen-bond acceptors (Lipinski definition) is 2. The first kappa shape index (κ1) is 27.0. The van der Waals surface area contributed by atoms with Crippen molar-refractivity contribution in [2.75, 3.05) is 9.80 Å². The van der Waals surface area contributed by atoms with Crippen LogP contribution in [0.4, 0.5) is 42.9 Å². The van der Waals surface area contributed by atoms with E-state index < -0.39 is 60.0 Å². The molecule has 12 aromatic rings.